The summed E-state index contributed by atoms with van der Waals surface area (Å²) in [6.07, 6.45) is 6.96. The Morgan fingerprint density at radius 3 is 1.56 bits per heavy atom. The molecule has 2 aliphatic rings. The number of aromatic amines is 2. The van der Waals surface area contributed by atoms with Gasteiger partial charge in [-0.2, -0.15) is 0 Å². The van der Waals surface area contributed by atoms with Crippen molar-refractivity contribution in [1.29, 1.82) is 0 Å². The number of aliphatic carboxylic acids is 2. The summed E-state index contributed by atoms with van der Waals surface area (Å²) in [4.78, 5) is 33.9. The van der Waals surface area contributed by atoms with E-state index in [0.717, 1.165) is 95.2 Å². The van der Waals surface area contributed by atoms with Gasteiger partial charge in [-0.1, -0.05) is 36.4 Å². The molecule has 2 saturated heterocycles. The van der Waals surface area contributed by atoms with Gasteiger partial charge in [0.1, 0.15) is 0 Å². The second-order valence-corrected chi connectivity index (χ2v) is 14.4. The number of hydrogen-bond acceptors (Lipinski definition) is 6. The molecule has 8 N–H and O–H groups in total. The number of nitrogens with one attached hydrogen (secondary N) is 4. The Balaban J connectivity index is 1.16. The van der Waals surface area contributed by atoms with Crippen LogP contribution in [0, 0.1) is 23.7 Å². The van der Waals surface area contributed by atoms with Crippen LogP contribution in [0.3, 0.4) is 0 Å². The molecule has 4 heterocycles. The summed E-state index contributed by atoms with van der Waals surface area (Å²) >= 11 is 0. The first kappa shape index (κ1) is 34.0. The molecule has 4 atom stereocenters. The molecule has 0 bridgehead atoms. The molecule has 10 heteroatoms. The summed E-state index contributed by atoms with van der Waals surface area (Å²) in [5, 5.41) is 29.0. The maximum Gasteiger partial charge on any atom is 0.307 e. The van der Waals surface area contributed by atoms with Crippen molar-refractivity contribution in [2.24, 2.45) is 29.4 Å². The van der Waals surface area contributed by atoms with E-state index in [-0.39, 0.29) is 11.8 Å². The number of carboxylic acids is 2. The minimum Gasteiger partial charge on any atom is -0.481 e. The Hall–Kier alpha value is -4.48. The van der Waals surface area contributed by atoms with Crippen LogP contribution in [0.1, 0.15) is 46.2 Å². The minimum atomic E-state index is -0.726. The van der Waals surface area contributed by atoms with E-state index in [2.05, 4.69) is 98.6 Å². The topological polar surface area (TPSA) is 159 Å². The Kier molecular flexibility index (Phi) is 10.3. The Labute approximate surface area is 292 Å². The van der Waals surface area contributed by atoms with Gasteiger partial charge in [-0.3, -0.25) is 14.5 Å². The summed E-state index contributed by atoms with van der Waals surface area (Å²) in [5.41, 5.74) is 14.6. The molecule has 2 fully saturated rings. The first-order valence-electron chi connectivity index (χ1n) is 17.9. The number of carbonyl (C=O) groups is 2. The summed E-state index contributed by atoms with van der Waals surface area (Å²) in [6.45, 7) is 5.83. The number of benzene rings is 3. The maximum atomic E-state index is 12.3. The van der Waals surface area contributed by atoms with E-state index in [1.165, 1.54) is 5.56 Å². The van der Waals surface area contributed by atoms with Crippen molar-refractivity contribution in [3.05, 3.63) is 106 Å². The molecule has 0 spiro atoms. The average molecular weight is 677 g/mol. The van der Waals surface area contributed by atoms with Crippen molar-refractivity contribution in [3.63, 3.8) is 0 Å². The van der Waals surface area contributed by atoms with Crippen molar-refractivity contribution in [2.75, 3.05) is 26.2 Å². The van der Waals surface area contributed by atoms with Gasteiger partial charge in [0.2, 0.25) is 0 Å². The van der Waals surface area contributed by atoms with E-state index in [4.69, 9.17) is 5.73 Å². The van der Waals surface area contributed by atoms with Crippen molar-refractivity contribution < 1.29 is 19.8 Å². The zero-order chi connectivity index (χ0) is 34.6. The highest BCUT2D eigenvalue weighted by molar-refractivity contribution is 5.85. The van der Waals surface area contributed by atoms with Crippen LogP contribution in [0.4, 0.5) is 0 Å². The lowest BCUT2D eigenvalue weighted by Gasteiger charge is -2.23. The standard InChI is InChI=1S/C40H48N6O4/c41-17-25-1-3-26(4-2-25)22-46(23-31-20-44-37-7-5-27(13-33(31)37)15-35(39(47)48)29-9-11-42-18-29)24-32-21-45-38-8-6-28(14-34(32)38)16-36(40(49)50)30-10-12-43-19-30/h1-8,13-14,20-21,29-30,35-36,42-45H,9-12,15-19,22-24,41H2,(H,47,48)(H,49,50)/t29-,30-,35-,36-/m0/s1. The number of nitrogens with two attached hydrogens (primary N) is 1. The van der Waals surface area contributed by atoms with Crippen LogP contribution in [-0.2, 0) is 48.6 Å². The first-order valence-corrected chi connectivity index (χ1v) is 17.9. The van der Waals surface area contributed by atoms with Gasteiger partial charge in [-0.25, -0.2) is 0 Å². The van der Waals surface area contributed by atoms with Gasteiger partial charge in [-0.15, -0.1) is 0 Å². The fourth-order valence-corrected chi connectivity index (χ4v) is 8.12. The molecule has 2 aromatic heterocycles. The van der Waals surface area contributed by atoms with Crippen molar-refractivity contribution >= 4 is 33.7 Å². The molecule has 3 aromatic carbocycles. The fourth-order valence-electron chi connectivity index (χ4n) is 8.12. The lowest BCUT2D eigenvalue weighted by Crippen LogP contribution is -2.27. The van der Waals surface area contributed by atoms with E-state index in [9.17, 15) is 19.8 Å². The van der Waals surface area contributed by atoms with E-state index < -0.39 is 23.8 Å². The van der Waals surface area contributed by atoms with Crippen molar-refractivity contribution in [2.45, 2.75) is 51.9 Å². The quantitative estimate of drug-likeness (QED) is 0.0815. The predicted molar refractivity (Wildman–Crippen MR) is 195 cm³/mol. The van der Waals surface area contributed by atoms with Crippen LogP contribution in [-0.4, -0.2) is 63.2 Å². The van der Waals surface area contributed by atoms with Crippen molar-refractivity contribution in [3.8, 4) is 0 Å². The van der Waals surface area contributed by atoms with E-state index in [0.29, 0.717) is 32.5 Å². The summed E-state index contributed by atoms with van der Waals surface area (Å²) in [7, 11) is 0. The average Bonchev–Trinajstić information content (AvgIpc) is 3.95. The molecule has 0 unspecified atom stereocenters. The van der Waals surface area contributed by atoms with Gasteiger partial charge in [0.05, 0.1) is 11.8 Å². The van der Waals surface area contributed by atoms with E-state index >= 15 is 0 Å². The van der Waals surface area contributed by atoms with Gasteiger partial charge in [0.15, 0.2) is 0 Å². The molecular formula is C40H48N6O4. The molecule has 5 aromatic rings. The molecule has 10 nitrogen and oxygen atoms in total. The third kappa shape index (κ3) is 7.63. The Bertz CT molecular complexity index is 1820. The number of aromatic nitrogens is 2. The molecule has 50 heavy (non-hydrogen) atoms. The highest BCUT2D eigenvalue weighted by atomic mass is 16.4. The third-order valence-corrected chi connectivity index (χ3v) is 11.0. The Morgan fingerprint density at radius 1 is 0.680 bits per heavy atom. The molecular weight excluding hydrogens is 628 g/mol. The summed E-state index contributed by atoms with van der Waals surface area (Å²) < 4.78 is 0. The number of carboxylic acid groups (broad SMARTS) is 2. The smallest absolute Gasteiger partial charge is 0.307 e. The predicted octanol–water partition coefficient (Wildman–Crippen LogP) is 5.02. The number of hydrogen-bond donors (Lipinski definition) is 7. The van der Waals surface area contributed by atoms with Gasteiger partial charge < -0.3 is 36.5 Å². The number of fused-ring (bicyclic) bond motifs is 2. The molecule has 0 radical (unpaired) electrons. The molecule has 2 aliphatic heterocycles. The van der Waals surface area contributed by atoms with E-state index in [1.807, 2.05) is 0 Å². The molecule has 7 rings (SSSR count). The number of H-pyrrole nitrogens is 2. The zero-order valence-corrected chi connectivity index (χ0v) is 28.5. The van der Waals surface area contributed by atoms with Gasteiger partial charge >= 0.3 is 11.9 Å². The Morgan fingerprint density at radius 2 is 1.14 bits per heavy atom. The van der Waals surface area contributed by atoms with Crippen LogP contribution >= 0.6 is 0 Å². The highest BCUT2D eigenvalue weighted by Gasteiger charge is 2.32. The van der Waals surface area contributed by atoms with Crippen LogP contribution in [0.2, 0.25) is 0 Å². The minimum absolute atomic E-state index is 0.140. The summed E-state index contributed by atoms with van der Waals surface area (Å²) in [5.74, 6) is -2.00. The molecule has 0 saturated carbocycles. The summed E-state index contributed by atoms with van der Waals surface area (Å²) in [6, 6.07) is 21.1. The van der Waals surface area contributed by atoms with Crippen LogP contribution in [0.5, 0.6) is 0 Å². The molecule has 0 amide bonds. The lowest BCUT2D eigenvalue weighted by atomic mass is 9.86. The maximum absolute atomic E-state index is 12.3. The highest BCUT2D eigenvalue weighted by Crippen LogP contribution is 2.30. The molecule has 0 aliphatic carbocycles. The van der Waals surface area contributed by atoms with Gasteiger partial charge in [0.25, 0.3) is 0 Å². The normalized spacial score (nSPS) is 19.1. The lowest BCUT2D eigenvalue weighted by molar-refractivity contribution is -0.144. The fraction of sp³-hybridized carbons (Fsp3) is 0.400. The van der Waals surface area contributed by atoms with E-state index in [1.54, 1.807) is 0 Å². The van der Waals surface area contributed by atoms with Crippen LogP contribution < -0.4 is 16.4 Å². The van der Waals surface area contributed by atoms with Gasteiger partial charge in [0, 0.05) is 60.4 Å². The van der Waals surface area contributed by atoms with Crippen molar-refractivity contribution in [1.82, 2.24) is 25.5 Å². The van der Waals surface area contributed by atoms with Gasteiger partial charge in [-0.05, 0) is 121 Å². The largest absolute Gasteiger partial charge is 0.481 e. The monoisotopic (exact) mass is 676 g/mol. The van der Waals surface area contributed by atoms with Crippen LogP contribution in [0.15, 0.2) is 73.1 Å². The second kappa shape index (κ2) is 15.2. The van der Waals surface area contributed by atoms with Crippen LogP contribution in [0.25, 0.3) is 21.8 Å². The first-order chi connectivity index (χ1) is 24.3. The zero-order valence-electron chi connectivity index (χ0n) is 28.5. The number of rotatable bonds is 15. The number of nitrogens with zero attached hydrogens (tertiary/aromatic N) is 1. The SMILES string of the molecule is NCc1ccc(CN(Cc2c[nH]c3ccc(C[C@H](C(=O)O)[C@H]4CCNC4)cc23)Cc2c[nH]c3ccc(C[C@H](C(=O)O)[C@H]4CCNC4)cc23)cc1. The molecule has 262 valence electrons. The second-order valence-electron chi connectivity index (χ2n) is 14.4. The third-order valence-electron chi connectivity index (χ3n) is 11.0.